The average molecular weight is 677 g/mol. The molecule has 12 nitrogen and oxygen atoms in total. The maximum atomic E-state index is 14.8. The SMILES string of the molecule is C[C@H](Cn1cnc2c(N)ccnc21)OCP(=O)(NC(C)(C)C(=O)O[C@@H](C)C1CCCCC1)NC(C)(C)C(=O)O[C@@H](C)C1CCCCC1. The van der Waals surface area contributed by atoms with Gasteiger partial charge in [-0.05, 0) is 92.1 Å². The second-order valence-corrected chi connectivity index (χ2v) is 17.0. The van der Waals surface area contributed by atoms with Crippen LogP contribution >= 0.6 is 7.44 Å². The standard InChI is InChI=1S/C34H57N6O6P/c1-23(20-40-21-37-29-28(35)18-19-36-30(29)40)44-22-47(43,38-33(4,5)31(41)45-24(2)26-14-10-8-11-15-26)39-34(6,7)32(42)46-25(3)27-16-12-9-13-17-27/h18-19,21,23-27H,8-17,20,22H2,1-7H3,(H2,35,36)(H2,38,39,43)/t23-,24+,25+/m1/s1. The van der Waals surface area contributed by atoms with Gasteiger partial charge in [-0.3, -0.25) is 14.2 Å². The van der Waals surface area contributed by atoms with E-state index in [1.165, 1.54) is 12.8 Å². The normalized spacial score (nSPS) is 19.3. The van der Waals surface area contributed by atoms with Crippen LogP contribution in [0.4, 0.5) is 5.69 Å². The second kappa shape index (κ2) is 15.8. The Kier molecular flexibility index (Phi) is 12.5. The van der Waals surface area contributed by atoms with Crippen molar-refractivity contribution in [1.82, 2.24) is 24.7 Å². The summed E-state index contributed by atoms with van der Waals surface area (Å²) < 4.78 is 34.6. The number of nitrogen functional groups attached to an aromatic ring is 1. The lowest BCUT2D eigenvalue weighted by molar-refractivity contribution is -0.157. The highest BCUT2D eigenvalue weighted by Crippen LogP contribution is 2.43. The third kappa shape index (κ3) is 10.00. The Bertz CT molecular complexity index is 1340. The predicted molar refractivity (Wildman–Crippen MR) is 184 cm³/mol. The summed E-state index contributed by atoms with van der Waals surface area (Å²) in [7, 11) is -3.81. The van der Waals surface area contributed by atoms with Crippen molar-refractivity contribution in [2.75, 3.05) is 12.1 Å². The first-order valence-electron chi connectivity index (χ1n) is 17.4. The third-order valence-corrected chi connectivity index (χ3v) is 12.0. The first-order valence-corrected chi connectivity index (χ1v) is 19.3. The van der Waals surface area contributed by atoms with Crippen molar-refractivity contribution in [3.63, 3.8) is 0 Å². The maximum Gasteiger partial charge on any atom is 0.326 e. The summed E-state index contributed by atoms with van der Waals surface area (Å²) in [6.07, 6.45) is 13.0. The Morgan fingerprint density at radius 2 is 1.38 bits per heavy atom. The number of carbonyl (C=O) groups excluding carboxylic acids is 2. The highest BCUT2D eigenvalue weighted by atomic mass is 31.2. The Hall–Kier alpha value is -2.53. The molecule has 13 heteroatoms. The number of fused-ring (bicyclic) bond motifs is 1. The lowest BCUT2D eigenvalue weighted by Crippen LogP contribution is -2.55. The highest BCUT2D eigenvalue weighted by molar-refractivity contribution is 7.59. The van der Waals surface area contributed by atoms with Crippen LogP contribution in [0.5, 0.6) is 0 Å². The number of hydrogen-bond acceptors (Lipinski definition) is 9. The molecule has 2 fully saturated rings. The summed E-state index contributed by atoms with van der Waals surface area (Å²) in [6, 6.07) is 1.69. The fraction of sp³-hybridized carbons (Fsp3) is 0.765. The van der Waals surface area contributed by atoms with Gasteiger partial charge in [0.2, 0.25) is 7.44 Å². The van der Waals surface area contributed by atoms with Crippen LogP contribution in [0.1, 0.15) is 113 Å². The minimum Gasteiger partial charge on any atom is -0.461 e. The molecular weight excluding hydrogens is 619 g/mol. The predicted octanol–water partition coefficient (Wildman–Crippen LogP) is 6.33. The molecule has 0 unspecified atom stereocenters. The zero-order chi connectivity index (χ0) is 34.4. The minimum absolute atomic E-state index is 0.257. The van der Waals surface area contributed by atoms with Crippen LogP contribution in [0, 0.1) is 11.8 Å². The number of aromatic nitrogens is 3. The number of ether oxygens (including phenoxy) is 3. The van der Waals surface area contributed by atoms with Crippen LogP contribution < -0.4 is 15.9 Å². The van der Waals surface area contributed by atoms with Crippen molar-refractivity contribution in [3.05, 3.63) is 18.6 Å². The van der Waals surface area contributed by atoms with E-state index in [0.29, 0.717) is 35.2 Å². The second-order valence-electron chi connectivity index (χ2n) is 14.8. The molecule has 0 radical (unpaired) electrons. The number of rotatable bonds is 15. The summed E-state index contributed by atoms with van der Waals surface area (Å²) in [5, 5.41) is 6.09. The first-order chi connectivity index (χ1) is 22.1. The van der Waals surface area contributed by atoms with Gasteiger partial charge in [0.15, 0.2) is 5.65 Å². The molecule has 264 valence electrons. The molecule has 0 aliphatic heterocycles. The van der Waals surface area contributed by atoms with Crippen molar-refractivity contribution in [2.45, 2.75) is 149 Å². The molecule has 4 rings (SSSR count). The quantitative estimate of drug-likeness (QED) is 0.143. The van der Waals surface area contributed by atoms with E-state index in [1.54, 1.807) is 46.3 Å². The van der Waals surface area contributed by atoms with E-state index in [2.05, 4.69) is 20.1 Å². The number of imidazole rings is 1. The summed E-state index contributed by atoms with van der Waals surface area (Å²) >= 11 is 0. The van der Waals surface area contributed by atoms with Crippen LogP contribution in [-0.2, 0) is 34.9 Å². The lowest BCUT2D eigenvalue weighted by Gasteiger charge is -2.37. The highest BCUT2D eigenvalue weighted by Gasteiger charge is 2.44. The number of hydrogen-bond donors (Lipinski definition) is 3. The van der Waals surface area contributed by atoms with Crippen molar-refractivity contribution in [1.29, 1.82) is 0 Å². The van der Waals surface area contributed by atoms with Gasteiger partial charge in [-0.1, -0.05) is 38.5 Å². The first kappa shape index (κ1) is 37.3. The molecule has 0 aromatic carbocycles. The number of pyridine rings is 1. The number of nitrogens with one attached hydrogen (secondary N) is 2. The monoisotopic (exact) mass is 676 g/mol. The van der Waals surface area contributed by atoms with E-state index >= 15 is 0 Å². The number of carbonyl (C=O) groups is 2. The Morgan fingerprint density at radius 1 is 0.894 bits per heavy atom. The van der Waals surface area contributed by atoms with Crippen LogP contribution in [-0.4, -0.2) is 62.2 Å². The minimum atomic E-state index is -3.81. The smallest absolute Gasteiger partial charge is 0.326 e. The van der Waals surface area contributed by atoms with Crippen LogP contribution in [0.3, 0.4) is 0 Å². The van der Waals surface area contributed by atoms with Gasteiger partial charge >= 0.3 is 11.9 Å². The maximum absolute atomic E-state index is 14.8. The van der Waals surface area contributed by atoms with Crippen LogP contribution in [0.2, 0.25) is 0 Å². The van der Waals surface area contributed by atoms with E-state index < -0.39 is 36.6 Å². The zero-order valence-corrected chi connectivity index (χ0v) is 30.3. The van der Waals surface area contributed by atoms with Gasteiger partial charge in [0, 0.05) is 6.20 Å². The molecule has 0 spiro atoms. The van der Waals surface area contributed by atoms with Crippen molar-refractivity contribution < 1.29 is 28.4 Å². The average Bonchev–Trinajstić information content (AvgIpc) is 3.44. The summed E-state index contributed by atoms with van der Waals surface area (Å²) in [5.74, 6) is -0.404. The van der Waals surface area contributed by atoms with E-state index in [-0.39, 0.29) is 18.6 Å². The van der Waals surface area contributed by atoms with Gasteiger partial charge in [0.25, 0.3) is 0 Å². The molecule has 4 N–H and O–H groups in total. The van der Waals surface area contributed by atoms with Crippen molar-refractivity contribution in [3.8, 4) is 0 Å². The molecule has 2 heterocycles. The number of esters is 2. The molecule has 2 aromatic heterocycles. The fourth-order valence-corrected chi connectivity index (χ4v) is 9.43. The number of nitrogens with zero attached hydrogens (tertiary/aromatic N) is 3. The Labute approximate surface area is 280 Å². The Balaban J connectivity index is 1.48. The van der Waals surface area contributed by atoms with Crippen molar-refractivity contribution >= 4 is 36.2 Å². The van der Waals surface area contributed by atoms with E-state index in [1.807, 2.05) is 25.3 Å². The summed E-state index contributed by atoms with van der Waals surface area (Å²) in [4.78, 5) is 35.8. The zero-order valence-electron chi connectivity index (χ0n) is 29.4. The lowest BCUT2D eigenvalue weighted by atomic mass is 9.86. The topological polar surface area (TPSA) is 160 Å². The van der Waals surface area contributed by atoms with Crippen LogP contribution in [0.15, 0.2) is 18.6 Å². The molecule has 3 atom stereocenters. The molecule has 2 aliphatic rings. The molecule has 0 saturated heterocycles. The largest absolute Gasteiger partial charge is 0.461 e. The van der Waals surface area contributed by atoms with Gasteiger partial charge in [-0.25, -0.2) is 20.1 Å². The number of anilines is 1. The van der Waals surface area contributed by atoms with Gasteiger partial charge in [-0.15, -0.1) is 0 Å². The molecule has 47 heavy (non-hydrogen) atoms. The van der Waals surface area contributed by atoms with Gasteiger partial charge in [0.05, 0.1) is 24.7 Å². The van der Waals surface area contributed by atoms with Crippen LogP contribution in [0.25, 0.3) is 11.2 Å². The van der Waals surface area contributed by atoms with Gasteiger partial charge < -0.3 is 24.5 Å². The molecule has 2 saturated carbocycles. The van der Waals surface area contributed by atoms with E-state index in [9.17, 15) is 14.2 Å². The third-order valence-electron chi connectivity index (χ3n) is 9.68. The van der Waals surface area contributed by atoms with Gasteiger partial charge in [-0.2, -0.15) is 0 Å². The molecule has 2 aromatic rings. The van der Waals surface area contributed by atoms with Crippen molar-refractivity contribution in [2.24, 2.45) is 11.8 Å². The molecular formula is C34H57N6O6P. The van der Waals surface area contributed by atoms with E-state index in [0.717, 1.165) is 51.4 Å². The fourth-order valence-electron chi connectivity index (χ4n) is 6.80. The molecule has 0 amide bonds. The Morgan fingerprint density at radius 3 is 1.87 bits per heavy atom. The molecule has 0 bridgehead atoms. The number of nitrogens with two attached hydrogens (primary N) is 1. The summed E-state index contributed by atoms with van der Waals surface area (Å²) in [5.41, 5.74) is 5.09. The van der Waals surface area contributed by atoms with Gasteiger partial charge in [0.1, 0.15) is 35.2 Å². The summed E-state index contributed by atoms with van der Waals surface area (Å²) in [6.45, 7) is 12.6. The molecule has 2 aliphatic carbocycles. The van der Waals surface area contributed by atoms with E-state index in [4.69, 9.17) is 19.9 Å².